The summed E-state index contributed by atoms with van der Waals surface area (Å²) in [6, 6.07) is 6.06. The van der Waals surface area contributed by atoms with Gasteiger partial charge in [0.25, 0.3) is 5.91 Å². The summed E-state index contributed by atoms with van der Waals surface area (Å²) in [5, 5.41) is 11.9. The molecule has 0 saturated heterocycles. The molecule has 20 heavy (non-hydrogen) atoms. The van der Waals surface area contributed by atoms with Gasteiger partial charge in [-0.2, -0.15) is 0 Å². The number of nitrogens with zero attached hydrogens (tertiary/aromatic N) is 1. The summed E-state index contributed by atoms with van der Waals surface area (Å²) in [4.78, 5) is 29.2. The lowest BCUT2D eigenvalue weighted by atomic mass is 10.2. The summed E-state index contributed by atoms with van der Waals surface area (Å²) in [6.45, 7) is 0. The van der Waals surface area contributed by atoms with E-state index >= 15 is 0 Å². The summed E-state index contributed by atoms with van der Waals surface area (Å²) >= 11 is 0. The molecule has 2 heterocycles. The van der Waals surface area contributed by atoms with Crippen LogP contribution in [0, 0.1) is 0 Å². The van der Waals surface area contributed by atoms with E-state index in [9.17, 15) is 14.7 Å². The molecule has 0 aliphatic rings. The van der Waals surface area contributed by atoms with Crippen LogP contribution in [0.1, 0.15) is 10.4 Å². The lowest BCUT2D eigenvalue weighted by molar-refractivity contribution is 0.102. The molecule has 0 fully saturated rings. The maximum Gasteiger partial charge on any atom is 0.417 e. The normalized spacial score (nSPS) is 10.6. The van der Waals surface area contributed by atoms with Crippen molar-refractivity contribution >= 4 is 22.7 Å². The van der Waals surface area contributed by atoms with Crippen molar-refractivity contribution in [1.29, 1.82) is 0 Å². The van der Waals surface area contributed by atoms with E-state index in [0.29, 0.717) is 16.8 Å². The predicted molar refractivity (Wildman–Crippen MR) is 70.7 cm³/mol. The minimum absolute atomic E-state index is 0.0905. The number of hydrogen-bond acceptors (Lipinski definition) is 5. The molecule has 1 amide bonds. The molecule has 0 aliphatic heterocycles. The molecule has 3 N–H and O–H groups in total. The molecule has 0 spiro atoms. The molecular weight excluding hydrogens is 262 g/mol. The average Bonchev–Trinajstić information content (AvgIpc) is 2.78. The Morgan fingerprint density at radius 1 is 1.30 bits per heavy atom. The van der Waals surface area contributed by atoms with Gasteiger partial charge in [-0.1, -0.05) is 0 Å². The Kier molecular flexibility index (Phi) is 2.72. The first-order valence-electron chi connectivity index (χ1n) is 5.70. The summed E-state index contributed by atoms with van der Waals surface area (Å²) in [6.07, 6.45) is 2.58. The van der Waals surface area contributed by atoms with E-state index in [4.69, 9.17) is 4.42 Å². The van der Waals surface area contributed by atoms with E-state index in [1.54, 1.807) is 18.2 Å². The SMILES string of the molecule is O=C(Nc1ccc2oc(=O)[nH]c2c1)c1cncc(O)c1. The molecule has 100 valence electrons. The zero-order chi connectivity index (χ0) is 14.1. The lowest BCUT2D eigenvalue weighted by Gasteiger charge is -2.04. The van der Waals surface area contributed by atoms with E-state index < -0.39 is 11.7 Å². The van der Waals surface area contributed by atoms with Gasteiger partial charge < -0.3 is 14.8 Å². The molecule has 1 aromatic carbocycles. The number of oxazole rings is 1. The van der Waals surface area contributed by atoms with Crippen LogP contribution in [0.15, 0.2) is 45.9 Å². The molecular formula is C13H9N3O4. The third kappa shape index (κ3) is 2.24. The first-order valence-corrected chi connectivity index (χ1v) is 5.70. The van der Waals surface area contributed by atoms with Gasteiger partial charge in [-0.05, 0) is 24.3 Å². The Morgan fingerprint density at radius 3 is 2.95 bits per heavy atom. The van der Waals surface area contributed by atoms with Crippen LogP contribution in [0.5, 0.6) is 5.75 Å². The van der Waals surface area contributed by atoms with Crippen molar-refractivity contribution in [2.45, 2.75) is 0 Å². The lowest BCUT2D eigenvalue weighted by Crippen LogP contribution is -2.11. The van der Waals surface area contributed by atoms with Gasteiger partial charge in [0, 0.05) is 11.9 Å². The van der Waals surface area contributed by atoms with Crippen molar-refractivity contribution in [3.8, 4) is 5.75 Å². The number of aromatic nitrogens is 2. The third-order valence-electron chi connectivity index (χ3n) is 2.66. The van der Waals surface area contributed by atoms with Crippen molar-refractivity contribution < 1.29 is 14.3 Å². The molecule has 0 atom stereocenters. The summed E-state index contributed by atoms with van der Waals surface area (Å²) in [5.41, 5.74) is 1.61. The van der Waals surface area contributed by atoms with Crippen molar-refractivity contribution in [3.05, 3.63) is 52.8 Å². The molecule has 0 bridgehead atoms. The van der Waals surface area contributed by atoms with E-state index in [0.717, 1.165) is 0 Å². The highest BCUT2D eigenvalue weighted by molar-refractivity contribution is 6.04. The Bertz CT molecular complexity index is 850. The van der Waals surface area contributed by atoms with E-state index in [2.05, 4.69) is 15.3 Å². The molecule has 0 aliphatic carbocycles. The fourth-order valence-corrected chi connectivity index (χ4v) is 1.78. The number of aromatic amines is 1. The third-order valence-corrected chi connectivity index (χ3v) is 2.66. The first kappa shape index (κ1) is 12.0. The number of hydrogen-bond donors (Lipinski definition) is 3. The summed E-state index contributed by atoms with van der Waals surface area (Å²) in [5.74, 6) is -1.06. The average molecular weight is 271 g/mol. The van der Waals surface area contributed by atoms with Crippen LogP contribution in [0.25, 0.3) is 11.1 Å². The van der Waals surface area contributed by atoms with Gasteiger partial charge in [0.2, 0.25) is 0 Å². The van der Waals surface area contributed by atoms with Gasteiger partial charge in [-0.25, -0.2) is 4.79 Å². The quantitative estimate of drug-likeness (QED) is 0.654. The summed E-state index contributed by atoms with van der Waals surface area (Å²) in [7, 11) is 0. The minimum Gasteiger partial charge on any atom is -0.506 e. The summed E-state index contributed by atoms with van der Waals surface area (Å²) < 4.78 is 4.86. The van der Waals surface area contributed by atoms with Crippen LogP contribution in [-0.2, 0) is 0 Å². The Hall–Kier alpha value is -3.09. The van der Waals surface area contributed by atoms with Gasteiger partial charge in [-0.15, -0.1) is 0 Å². The fraction of sp³-hybridized carbons (Fsp3) is 0. The van der Waals surface area contributed by atoms with E-state index in [1.807, 2.05) is 0 Å². The van der Waals surface area contributed by atoms with Crippen LogP contribution in [0.4, 0.5) is 5.69 Å². The zero-order valence-corrected chi connectivity index (χ0v) is 10.1. The van der Waals surface area contributed by atoms with Gasteiger partial charge >= 0.3 is 5.76 Å². The van der Waals surface area contributed by atoms with Crippen molar-refractivity contribution in [3.63, 3.8) is 0 Å². The van der Waals surface area contributed by atoms with Gasteiger partial charge in [0.05, 0.1) is 17.3 Å². The van der Waals surface area contributed by atoms with Crippen molar-refractivity contribution in [2.75, 3.05) is 5.32 Å². The Balaban J connectivity index is 1.88. The number of anilines is 1. The maximum absolute atomic E-state index is 11.9. The highest BCUT2D eigenvalue weighted by Gasteiger charge is 2.09. The largest absolute Gasteiger partial charge is 0.506 e. The minimum atomic E-state index is -0.555. The molecule has 7 nitrogen and oxygen atoms in total. The smallest absolute Gasteiger partial charge is 0.417 e. The monoisotopic (exact) mass is 271 g/mol. The van der Waals surface area contributed by atoms with Crippen LogP contribution in [0.2, 0.25) is 0 Å². The molecule has 0 radical (unpaired) electrons. The molecule has 2 aromatic heterocycles. The Labute approximate surface area is 111 Å². The highest BCUT2D eigenvalue weighted by atomic mass is 16.4. The number of H-pyrrole nitrogens is 1. The first-order chi connectivity index (χ1) is 9.61. The van der Waals surface area contributed by atoms with E-state index in [1.165, 1.54) is 18.5 Å². The van der Waals surface area contributed by atoms with Crippen molar-refractivity contribution in [2.24, 2.45) is 0 Å². The van der Waals surface area contributed by atoms with Crippen LogP contribution >= 0.6 is 0 Å². The Morgan fingerprint density at radius 2 is 2.15 bits per heavy atom. The number of nitrogens with one attached hydrogen (secondary N) is 2. The molecule has 7 heteroatoms. The van der Waals surface area contributed by atoms with E-state index in [-0.39, 0.29) is 11.3 Å². The number of amides is 1. The number of carbonyl (C=O) groups is 1. The molecule has 0 saturated carbocycles. The van der Waals surface area contributed by atoms with Gasteiger partial charge in [-0.3, -0.25) is 14.8 Å². The molecule has 3 aromatic rings. The number of rotatable bonds is 2. The zero-order valence-electron chi connectivity index (χ0n) is 10.1. The standard InChI is InChI=1S/C13H9N3O4/c17-9-3-7(5-14-6-9)12(18)15-8-1-2-11-10(4-8)16-13(19)20-11/h1-6,17H,(H,15,18)(H,16,19). The highest BCUT2D eigenvalue weighted by Crippen LogP contribution is 2.17. The number of fused-ring (bicyclic) bond motifs is 1. The maximum atomic E-state index is 11.9. The predicted octanol–water partition coefficient (Wildman–Crippen LogP) is 1.47. The van der Waals surface area contributed by atoms with Crippen LogP contribution in [0.3, 0.4) is 0 Å². The number of pyridine rings is 1. The second-order valence-corrected chi connectivity index (χ2v) is 4.11. The number of benzene rings is 1. The second kappa shape index (κ2) is 4.54. The number of carbonyl (C=O) groups excluding carboxylic acids is 1. The topological polar surface area (TPSA) is 108 Å². The van der Waals surface area contributed by atoms with Gasteiger partial charge in [0.15, 0.2) is 5.58 Å². The fourth-order valence-electron chi connectivity index (χ4n) is 1.78. The van der Waals surface area contributed by atoms with Crippen LogP contribution in [-0.4, -0.2) is 21.0 Å². The number of aromatic hydroxyl groups is 1. The molecule has 0 unspecified atom stereocenters. The van der Waals surface area contributed by atoms with Crippen LogP contribution < -0.4 is 11.1 Å². The van der Waals surface area contributed by atoms with Gasteiger partial charge in [0.1, 0.15) is 5.75 Å². The van der Waals surface area contributed by atoms with Crippen molar-refractivity contribution in [1.82, 2.24) is 9.97 Å². The molecule has 3 rings (SSSR count). The second-order valence-electron chi connectivity index (χ2n) is 4.11.